The molecule has 162 valence electrons. The molecule has 0 saturated carbocycles. The zero-order valence-corrected chi connectivity index (χ0v) is 18.6. The van der Waals surface area contributed by atoms with E-state index in [1.165, 1.54) is 19.1 Å². The Bertz CT molecular complexity index is 1260. The van der Waals surface area contributed by atoms with Gasteiger partial charge in [0.1, 0.15) is 0 Å². The second kappa shape index (κ2) is 9.80. The van der Waals surface area contributed by atoms with Crippen LogP contribution >= 0.6 is 23.5 Å². The summed E-state index contributed by atoms with van der Waals surface area (Å²) in [5, 5.41) is 10.6. The molecule has 0 saturated heterocycles. The second-order valence-corrected chi connectivity index (χ2v) is 8.14. The van der Waals surface area contributed by atoms with Crippen molar-refractivity contribution < 1.29 is 19.4 Å². The van der Waals surface area contributed by atoms with Crippen molar-refractivity contribution in [3.05, 3.63) is 83.5 Å². The Morgan fingerprint density at radius 2 is 1.84 bits per heavy atom. The molecule has 0 fully saturated rings. The van der Waals surface area contributed by atoms with E-state index in [0.717, 1.165) is 21.5 Å². The first-order chi connectivity index (χ1) is 15.5. The molecule has 0 atom stereocenters. The van der Waals surface area contributed by atoms with Gasteiger partial charge in [0.2, 0.25) is 0 Å². The maximum atomic E-state index is 11.0. The molecule has 8 heteroatoms. The number of hydrogen-bond acceptors (Lipinski definition) is 6. The summed E-state index contributed by atoms with van der Waals surface area (Å²) >= 11 is 7.42. The highest BCUT2D eigenvalue weighted by atomic mass is 35.5. The number of nitrogens with one attached hydrogen (secondary N) is 1. The Morgan fingerprint density at radius 1 is 1.06 bits per heavy atom. The molecular formula is C24H19ClN2O4S. The molecule has 0 spiro atoms. The predicted octanol–water partition coefficient (Wildman–Crippen LogP) is 6.44. The molecule has 32 heavy (non-hydrogen) atoms. The molecule has 6 nitrogen and oxygen atoms in total. The molecule has 3 aromatic carbocycles. The normalized spacial score (nSPS) is 10.7. The lowest BCUT2D eigenvalue weighted by Gasteiger charge is -2.17. The highest BCUT2D eigenvalue weighted by Gasteiger charge is 2.14. The monoisotopic (exact) mass is 466 g/mol. The van der Waals surface area contributed by atoms with Crippen LogP contribution in [0, 0.1) is 0 Å². The Balaban J connectivity index is 1.68. The summed E-state index contributed by atoms with van der Waals surface area (Å²) in [4.78, 5) is 16.4. The average molecular weight is 467 g/mol. The number of methoxy groups -OCH3 is 1. The van der Waals surface area contributed by atoms with Crippen LogP contribution in [0.2, 0.25) is 5.02 Å². The van der Waals surface area contributed by atoms with Crippen molar-refractivity contribution in [2.45, 2.75) is 11.3 Å². The minimum absolute atomic E-state index is 0.0944. The highest BCUT2D eigenvalue weighted by molar-refractivity contribution is 8.00. The number of benzene rings is 3. The second-order valence-electron chi connectivity index (χ2n) is 6.82. The van der Waals surface area contributed by atoms with Gasteiger partial charge in [-0.2, -0.15) is 0 Å². The van der Waals surface area contributed by atoms with Crippen molar-refractivity contribution in [1.82, 2.24) is 4.98 Å². The number of carboxylic acid groups (broad SMARTS) is 1. The first-order valence-corrected chi connectivity index (χ1v) is 10.9. The summed E-state index contributed by atoms with van der Waals surface area (Å²) in [5.74, 6) is 0.598. The van der Waals surface area contributed by atoms with Crippen LogP contribution in [0.25, 0.3) is 10.9 Å². The van der Waals surface area contributed by atoms with Crippen molar-refractivity contribution in [2.24, 2.45) is 0 Å². The zero-order valence-electron chi connectivity index (χ0n) is 17.0. The number of aromatic nitrogens is 1. The van der Waals surface area contributed by atoms with Crippen molar-refractivity contribution in [2.75, 3.05) is 11.8 Å². The highest BCUT2D eigenvalue weighted by Crippen LogP contribution is 2.41. The lowest BCUT2D eigenvalue weighted by molar-refractivity contribution is -0.136. The number of fused-ring (bicyclic) bond motifs is 1. The molecule has 0 amide bonds. The van der Waals surface area contributed by atoms with Gasteiger partial charge in [0, 0.05) is 21.5 Å². The summed E-state index contributed by atoms with van der Waals surface area (Å²) in [5.41, 5.74) is 2.20. The number of ether oxygens (including phenoxy) is 2. The van der Waals surface area contributed by atoms with Crippen LogP contribution in [0.1, 0.15) is 5.56 Å². The van der Waals surface area contributed by atoms with E-state index >= 15 is 0 Å². The Kier molecular flexibility index (Phi) is 6.68. The van der Waals surface area contributed by atoms with E-state index < -0.39 is 5.97 Å². The van der Waals surface area contributed by atoms with E-state index in [-0.39, 0.29) is 6.42 Å². The van der Waals surface area contributed by atoms with Crippen LogP contribution < -0.4 is 14.2 Å². The third-order valence-electron chi connectivity index (χ3n) is 4.63. The topological polar surface area (TPSA) is 80.7 Å². The Hall–Kier alpha value is -3.42. The maximum absolute atomic E-state index is 11.0. The van der Waals surface area contributed by atoms with Gasteiger partial charge in [0.15, 0.2) is 17.2 Å². The largest absolute Gasteiger partial charge is 0.493 e. The summed E-state index contributed by atoms with van der Waals surface area (Å²) in [6.07, 6.45) is 1.64. The molecule has 0 aliphatic rings. The van der Waals surface area contributed by atoms with Gasteiger partial charge >= 0.3 is 5.97 Å². The average Bonchev–Trinajstić information content (AvgIpc) is 2.80. The molecule has 1 aromatic heterocycles. The third kappa shape index (κ3) is 5.07. The minimum Gasteiger partial charge on any atom is -0.493 e. The number of nitrogens with zero attached hydrogens (tertiary/aromatic N) is 1. The molecule has 4 rings (SSSR count). The van der Waals surface area contributed by atoms with Gasteiger partial charge in [-0.25, -0.2) is 0 Å². The molecule has 4 aromatic rings. The van der Waals surface area contributed by atoms with Crippen molar-refractivity contribution in [3.8, 4) is 17.2 Å². The van der Waals surface area contributed by atoms with Crippen LogP contribution in [0.3, 0.4) is 0 Å². The van der Waals surface area contributed by atoms with E-state index in [1.807, 2.05) is 48.5 Å². The van der Waals surface area contributed by atoms with Gasteiger partial charge in [-0.3, -0.25) is 9.78 Å². The number of anilines is 1. The fourth-order valence-electron chi connectivity index (χ4n) is 3.13. The standard InChI is InChI=1S/C24H19ClN2O4S/c1-30-22-13-15(14-23(28)29)4-10-20(22)31-21-11-9-19-18(3-2-12-26-19)24(21)27-32-17-7-5-16(25)6-8-17/h2-13,27H,14H2,1H3,(H,28,29). The van der Waals surface area contributed by atoms with Crippen LogP contribution in [-0.4, -0.2) is 23.2 Å². The number of carbonyl (C=O) groups is 1. The quantitative estimate of drug-likeness (QED) is 0.289. The van der Waals surface area contributed by atoms with Gasteiger partial charge in [0.25, 0.3) is 0 Å². The van der Waals surface area contributed by atoms with Gasteiger partial charge in [0.05, 0.1) is 24.7 Å². The molecule has 2 N–H and O–H groups in total. The third-order valence-corrected chi connectivity index (χ3v) is 5.70. The number of carboxylic acids is 1. The molecule has 0 bridgehead atoms. The summed E-state index contributed by atoms with van der Waals surface area (Å²) < 4.78 is 15.0. The van der Waals surface area contributed by atoms with Gasteiger partial charge in [-0.1, -0.05) is 17.7 Å². The van der Waals surface area contributed by atoms with Gasteiger partial charge in [-0.05, 0) is 78.2 Å². The molecule has 1 heterocycles. The van der Waals surface area contributed by atoms with Crippen LogP contribution in [0.4, 0.5) is 5.69 Å². The molecule has 0 aliphatic carbocycles. The smallest absolute Gasteiger partial charge is 0.307 e. The number of halogens is 1. The predicted molar refractivity (Wildman–Crippen MR) is 127 cm³/mol. The van der Waals surface area contributed by atoms with Gasteiger partial charge < -0.3 is 19.3 Å². The van der Waals surface area contributed by atoms with E-state index in [0.29, 0.717) is 27.8 Å². The van der Waals surface area contributed by atoms with Gasteiger partial charge in [-0.15, -0.1) is 0 Å². The van der Waals surface area contributed by atoms with E-state index in [9.17, 15) is 4.79 Å². The van der Waals surface area contributed by atoms with Crippen molar-refractivity contribution >= 4 is 46.1 Å². The Labute approximate surface area is 194 Å². The summed E-state index contributed by atoms with van der Waals surface area (Å²) in [6, 6.07) is 20.2. The lowest BCUT2D eigenvalue weighted by atomic mass is 10.1. The van der Waals surface area contributed by atoms with Crippen molar-refractivity contribution in [1.29, 1.82) is 0 Å². The molecule has 0 radical (unpaired) electrons. The first kappa shape index (κ1) is 21.8. The molecule has 0 aliphatic heterocycles. The SMILES string of the molecule is COc1cc(CC(=O)O)ccc1Oc1ccc2ncccc2c1NSc1ccc(Cl)cc1. The Morgan fingerprint density at radius 3 is 2.59 bits per heavy atom. The van der Waals surface area contributed by atoms with E-state index in [2.05, 4.69) is 9.71 Å². The fraction of sp³-hybridized carbons (Fsp3) is 0.0833. The van der Waals surface area contributed by atoms with Crippen molar-refractivity contribution in [3.63, 3.8) is 0 Å². The number of pyridine rings is 1. The van der Waals surface area contributed by atoms with Crippen LogP contribution in [0.15, 0.2) is 77.8 Å². The van der Waals surface area contributed by atoms with Crippen LogP contribution in [-0.2, 0) is 11.2 Å². The maximum Gasteiger partial charge on any atom is 0.307 e. The van der Waals surface area contributed by atoms with Crippen LogP contribution in [0.5, 0.6) is 17.2 Å². The zero-order chi connectivity index (χ0) is 22.5. The summed E-state index contributed by atoms with van der Waals surface area (Å²) in [6.45, 7) is 0. The van der Waals surface area contributed by atoms with E-state index in [1.54, 1.807) is 24.4 Å². The molecular weight excluding hydrogens is 448 g/mol. The number of aliphatic carboxylic acids is 1. The lowest BCUT2D eigenvalue weighted by Crippen LogP contribution is -2.01. The number of rotatable bonds is 8. The fourth-order valence-corrected chi connectivity index (χ4v) is 3.96. The minimum atomic E-state index is -0.909. The number of hydrogen-bond donors (Lipinski definition) is 2. The first-order valence-electron chi connectivity index (χ1n) is 9.66. The molecule has 0 unspecified atom stereocenters. The van der Waals surface area contributed by atoms with E-state index in [4.69, 9.17) is 26.2 Å². The summed E-state index contributed by atoms with van der Waals surface area (Å²) in [7, 11) is 1.52.